The minimum absolute atomic E-state index is 0.311. The maximum Gasteiger partial charge on any atom is 0.322 e. The predicted molar refractivity (Wildman–Crippen MR) is 73.4 cm³/mol. The van der Waals surface area contributed by atoms with Crippen LogP contribution in [0.15, 0.2) is 18.2 Å². The van der Waals surface area contributed by atoms with Crippen LogP contribution in [0, 0.1) is 5.82 Å². The molecule has 2 N–H and O–H groups in total. The van der Waals surface area contributed by atoms with Crippen molar-refractivity contribution in [2.24, 2.45) is 0 Å². The van der Waals surface area contributed by atoms with Gasteiger partial charge in [0.15, 0.2) is 0 Å². The normalized spacial score (nSPS) is 18.1. The van der Waals surface area contributed by atoms with E-state index in [1.165, 1.54) is 23.1 Å². The molecule has 0 aromatic heterocycles. The van der Waals surface area contributed by atoms with Crippen molar-refractivity contribution in [3.63, 3.8) is 0 Å². The first-order valence-electron chi connectivity index (χ1n) is 6.76. The Morgan fingerprint density at radius 2 is 2.40 bits per heavy atom. The van der Waals surface area contributed by atoms with Crippen LogP contribution in [-0.2, 0) is 0 Å². The lowest BCUT2D eigenvalue weighted by Crippen LogP contribution is -2.33. The molecule has 20 heavy (non-hydrogen) atoms. The fraction of sp³-hybridized carbons (Fsp3) is 0.500. The standard InChI is InChI=1S/C14H19FN2O3/c1-2-7-20-13-8-10(15)3-4-12(13)16-14(19)17-6-5-11(18)9-17/h3-4,8,11,18H,2,5-7,9H2,1H3,(H,16,19)/t11-/m1/s1. The Morgan fingerprint density at radius 1 is 1.60 bits per heavy atom. The number of nitrogens with zero attached hydrogens (tertiary/aromatic N) is 1. The number of aliphatic hydroxyl groups is 1. The second-order valence-corrected chi connectivity index (χ2v) is 4.81. The van der Waals surface area contributed by atoms with E-state index in [-0.39, 0.29) is 6.03 Å². The lowest BCUT2D eigenvalue weighted by atomic mass is 10.3. The average molecular weight is 282 g/mol. The number of carbonyl (C=O) groups excluding carboxylic acids is 1. The van der Waals surface area contributed by atoms with Gasteiger partial charge in [-0.05, 0) is 25.0 Å². The second kappa shape index (κ2) is 6.56. The number of amides is 2. The van der Waals surface area contributed by atoms with Gasteiger partial charge in [0, 0.05) is 19.2 Å². The number of halogens is 1. The molecule has 1 atom stereocenters. The van der Waals surface area contributed by atoms with E-state index in [2.05, 4.69) is 5.32 Å². The molecule has 5 nitrogen and oxygen atoms in total. The number of anilines is 1. The van der Waals surface area contributed by atoms with Crippen LogP contribution in [0.1, 0.15) is 19.8 Å². The van der Waals surface area contributed by atoms with E-state index in [9.17, 15) is 14.3 Å². The topological polar surface area (TPSA) is 61.8 Å². The molecule has 1 aliphatic rings. The first-order chi connectivity index (χ1) is 9.60. The highest BCUT2D eigenvalue weighted by Gasteiger charge is 2.25. The van der Waals surface area contributed by atoms with Crippen molar-refractivity contribution >= 4 is 11.7 Å². The minimum atomic E-state index is -0.468. The molecular formula is C14H19FN2O3. The maximum absolute atomic E-state index is 13.2. The first-order valence-corrected chi connectivity index (χ1v) is 6.76. The molecule has 110 valence electrons. The summed E-state index contributed by atoms with van der Waals surface area (Å²) in [7, 11) is 0. The van der Waals surface area contributed by atoms with Crippen LogP contribution in [0.4, 0.5) is 14.9 Å². The van der Waals surface area contributed by atoms with Gasteiger partial charge in [-0.15, -0.1) is 0 Å². The van der Waals surface area contributed by atoms with Gasteiger partial charge < -0.3 is 20.1 Å². The zero-order valence-electron chi connectivity index (χ0n) is 11.4. The zero-order valence-corrected chi connectivity index (χ0v) is 11.4. The molecule has 0 spiro atoms. The molecule has 1 heterocycles. The number of likely N-dealkylation sites (tertiary alicyclic amines) is 1. The van der Waals surface area contributed by atoms with Crippen molar-refractivity contribution in [1.82, 2.24) is 4.90 Å². The lowest BCUT2D eigenvalue weighted by Gasteiger charge is -2.18. The van der Waals surface area contributed by atoms with Crippen LogP contribution in [0.3, 0.4) is 0 Å². The molecule has 0 unspecified atom stereocenters. The number of benzene rings is 1. The molecule has 0 aliphatic carbocycles. The van der Waals surface area contributed by atoms with Gasteiger partial charge in [0.05, 0.1) is 18.4 Å². The summed E-state index contributed by atoms with van der Waals surface area (Å²) in [6.45, 7) is 3.23. The fourth-order valence-corrected chi connectivity index (χ4v) is 2.05. The van der Waals surface area contributed by atoms with E-state index < -0.39 is 11.9 Å². The summed E-state index contributed by atoms with van der Waals surface area (Å²) < 4.78 is 18.7. The van der Waals surface area contributed by atoms with E-state index in [1.807, 2.05) is 6.92 Å². The number of aliphatic hydroxyl groups excluding tert-OH is 1. The summed E-state index contributed by atoms with van der Waals surface area (Å²) in [6, 6.07) is 3.69. The van der Waals surface area contributed by atoms with E-state index in [1.54, 1.807) is 0 Å². The Labute approximate surface area is 117 Å². The third-order valence-electron chi connectivity index (χ3n) is 3.10. The van der Waals surface area contributed by atoms with Crippen LogP contribution >= 0.6 is 0 Å². The molecule has 2 rings (SSSR count). The van der Waals surface area contributed by atoms with Gasteiger partial charge in [0.2, 0.25) is 0 Å². The van der Waals surface area contributed by atoms with Gasteiger partial charge >= 0.3 is 6.03 Å². The van der Waals surface area contributed by atoms with Gasteiger partial charge in [-0.3, -0.25) is 0 Å². The molecule has 1 aromatic rings. The van der Waals surface area contributed by atoms with Crippen molar-refractivity contribution < 1.29 is 19.0 Å². The third kappa shape index (κ3) is 3.60. The smallest absolute Gasteiger partial charge is 0.322 e. The molecule has 1 aromatic carbocycles. The van der Waals surface area contributed by atoms with Gasteiger partial charge in [0.1, 0.15) is 11.6 Å². The van der Waals surface area contributed by atoms with Crippen LogP contribution in [-0.4, -0.2) is 41.8 Å². The number of β-amino-alcohol motifs (C(OH)–C–C–N with tert-alkyl or cyclic N) is 1. The summed E-state index contributed by atoms with van der Waals surface area (Å²) in [5.41, 5.74) is 0.436. The predicted octanol–water partition coefficient (Wildman–Crippen LogP) is 2.21. The Kier molecular flexibility index (Phi) is 4.79. The number of ether oxygens (including phenoxy) is 1. The number of carbonyl (C=O) groups is 1. The monoisotopic (exact) mass is 282 g/mol. The minimum Gasteiger partial charge on any atom is -0.491 e. The fourth-order valence-electron chi connectivity index (χ4n) is 2.05. The molecule has 6 heteroatoms. The summed E-state index contributed by atoms with van der Waals surface area (Å²) in [5.74, 6) is -0.0920. The van der Waals surface area contributed by atoms with Crippen molar-refractivity contribution in [3.05, 3.63) is 24.0 Å². The Hall–Kier alpha value is -1.82. The van der Waals surface area contributed by atoms with E-state index >= 15 is 0 Å². The molecule has 0 bridgehead atoms. The van der Waals surface area contributed by atoms with Crippen LogP contribution < -0.4 is 10.1 Å². The number of rotatable bonds is 4. The van der Waals surface area contributed by atoms with Crippen LogP contribution in [0.2, 0.25) is 0 Å². The van der Waals surface area contributed by atoms with Crippen molar-refractivity contribution in [1.29, 1.82) is 0 Å². The molecular weight excluding hydrogens is 263 g/mol. The molecule has 0 saturated carbocycles. The Bertz CT molecular complexity index is 481. The molecule has 2 amide bonds. The average Bonchev–Trinajstić information content (AvgIpc) is 2.85. The molecule has 1 aliphatic heterocycles. The van der Waals surface area contributed by atoms with E-state index in [0.29, 0.717) is 37.6 Å². The molecule has 0 radical (unpaired) electrons. The van der Waals surface area contributed by atoms with Gasteiger partial charge in [-0.25, -0.2) is 9.18 Å². The highest BCUT2D eigenvalue weighted by atomic mass is 19.1. The Balaban J connectivity index is 2.06. The lowest BCUT2D eigenvalue weighted by molar-refractivity contribution is 0.176. The SMILES string of the molecule is CCCOc1cc(F)ccc1NC(=O)N1CC[C@@H](O)C1. The summed E-state index contributed by atoms with van der Waals surface area (Å²) in [5, 5.41) is 12.1. The zero-order chi connectivity index (χ0) is 14.5. The summed E-state index contributed by atoms with van der Waals surface area (Å²) in [6.07, 6.45) is 0.905. The highest BCUT2D eigenvalue weighted by molar-refractivity contribution is 5.91. The second-order valence-electron chi connectivity index (χ2n) is 4.81. The molecule has 1 fully saturated rings. The third-order valence-corrected chi connectivity index (χ3v) is 3.10. The summed E-state index contributed by atoms with van der Waals surface area (Å²) in [4.78, 5) is 13.6. The quantitative estimate of drug-likeness (QED) is 0.890. The first kappa shape index (κ1) is 14.6. The molecule has 1 saturated heterocycles. The number of nitrogens with one attached hydrogen (secondary N) is 1. The van der Waals surface area contributed by atoms with Gasteiger partial charge in [0.25, 0.3) is 0 Å². The Morgan fingerprint density at radius 3 is 3.05 bits per heavy atom. The number of urea groups is 1. The number of hydrogen-bond acceptors (Lipinski definition) is 3. The van der Waals surface area contributed by atoms with Gasteiger partial charge in [-0.2, -0.15) is 0 Å². The van der Waals surface area contributed by atoms with Crippen molar-refractivity contribution in [2.45, 2.75) is 25.9 Å². The number of hydrogen-bond donors (Lipinski definition) is 2. The van der Waals surface area contributed by atoms with E-state index in [0.717, 1.165) is 6.42 Å². The highest BCUT2D eigenvalue weighted by Crippen LogP contribution is 2.26. The summed E-state index contributed by atoms with van der Waals surface area (Å²) >= 11 is 0. The largest absolute Gasteiger partial charge is 0.491 e. The van der Waals surface area contributed by atoms with Crippen LogP contribution in [0.5, 0.6) is 5.75 Å². The van der Waals surface area contributed by atoms with E-state index in [4.69, 9.17) is 4.74 Å². The van der Waals surface area contributed by atoms with Crippen LogP contribution in [0.25, 0.3) is 0 Å². The van der Waals surface area contributed by atoms with Crippen molar-refractivity contribution in [2.75, 3.05) is 25.0 Å². The maximum atomic E-state index is 13.2. The van der Waals surface area contributed by atoms with Crippen molar-refractivity contribution in [3.8, 4) is 5.75 Å². The van der Waals surface area contributed by atoms with Gasteiger partial charge in [-0.1, -0.05) is 6.92 Å².